The van der Waals surface area contributed by atoms with Crippen molar-refractivity contribution in [1.82, 2.24) is 9.97 Å². The van der Waals surface area contributed by atoms with Gasteiger partial charge in [-0.05, 0) is 109 Å². The molecular weight excluding hydrogens is 793 g/mol. The van der Waals surface area contributed by atoms with E-state index in [4.69, 9.17) is 9.97 Å². The van der Waals surface area contributed by atoms with Crippen molar-refractivity contribution in [3.05, 3.63) is 230 Å². The molecule has 0 amide bonds. The molecule has 9 aromatic carbocycles. The molecule has 2 nitrogen and oxygen atoms in total. The Morgan fingerprint density at radius 2 is 0.844 bits per heavy atom. The summed E-state index contributed by atoms with van der Waals surface area (Å²) in [5.74, 6) is 0.697. The topological polar surface area (TPSA) is 25.8 Å². The summed E-state index contributed by atoms with van der Waals surface area (Å²) in [6.07, 6.45) is 0. The zero-order chi connectivity index (χ0) is 42.8. The van der Waals surface area contributed by atoms with Gasteiger partial charge in [0, 0.05) is 42.3 Å². The summed E-state index contributed by atoms with van der Waals surface area (Å²) in [5.41, 5.74) is 19.6. The Bertz CT molecular complexity index is 3550. The van der Waals surface area contributed by atoms with Crippen LogP contribution in [0.2, 0.25) is 0 Å². The van der Waals surface area contributed by atoms with E-state index in [2.05, 4.69) is 226 Å². The van der Waals surface area contributed by atoms with Gasteiger partial charge < -0.3 is 0 Å². The zero-order valence-corrected chi connectivity index (χ0v) is 36.4. The Morgan fingerprint density at radius 1 is 0.328 bits per heavy atom. The molecule has 0 spiro atoms. The molecule has 0 bridgehead atoms. The molecule has 11 aromatic rings. The molecule has 0 fully saturated rings. The number of rotatable bonds is 7. The van der Waals surface area contributed by atoms with Gasteiger partial charge in [-0.2, -0.15) is 0 Å². The lowest BCUT2D eigenvalue weighted by atomic mass is 9.82. The van der Waals surface area contributed by atoms with E-state index in [-0.39, 0.29) is 5.41 Å². The van der Waals surface area contributed by atoms with Crippen molar-refractivity contribution in [3.8, 4) is 89.5 Å². The van der Waals surface area contributed by atoms with E-state index >= 15 is 0 Å². The van der Waals surface area contributed by atoms with Crippen molar-refractivity contribution in [3.63, 3.8) is 0 Å². The van der Waals surface area contributed by atoms with Crippen LogP contribution in [0.4, 0.5) is 0 Å². The van der Waals surface area contributed by atoms with E-state index in [0.717, 1.165) is 44.8 Å². The second-order valence-electron chi connectivity index (χ2n) is 17.4. The SMILES string of the molecule is CC1(C)c2ccccc2-c2c(-c3ccc(-c4cc(-c5cc(-c6ccc(-c7ccccc7)cc6)cc(-c6ccc7sc8ccccc8c7c6)c5)nc(-c5ccccc5)n4)cc3)cccc21. The third-order valence-corrected chi connectivity index (χ3v) is 14.3. The van der Waals surface area contributed by atoms with Crippen LogP contribution in [0, 0.1) is 0 Å². The van der Waals surface area contributed by atoms with Gasteiger partial charge >= 0.3 is 0 Å². The summed E-state index contributed by atoms with van der Waals surface area (Å²) >= 11 is 1.85. The summed E-state index contributed by atoms with van der Waals surface area (Å²) in [6, 6.07) is 79.1. The summed E-state index contributed by atoms with van der Waals surface area (Å²) in [4.78, 5) is 10.6. The molecule has 0 saturated heterocycles. The molecule has 0 saturated carbocycles. The Hall–Kier alpha value is -7.72. The monoisotopic (exact) mass is 834 g/mol. The molecule has 2 aromatic heterocycles. The second-order valence-corrected chi connectivity index (χ2v) is 18.4. The zero-order valence-electron chi connectivity index (χ0n) is 35.6. The molecule has 0 N–H and O–H groups in total. The van der Waals surface area contributed by atoms with Crippen molar-refractivity contribution >= 4 is 31.5 Å². The van der Waals surface area contributed by atoms with Gasteiger partial charge in [-0.3, -0.25) is 0 Å². The van der Waals surface area contributed by atoms with E-state index in [9.17, 15) is 0 Å². The third-order valence-electron chi connectivity index (χ3n) is 13.1. The smallest absolute Gasteiger partial charge is 0.160 e. The molecule has 64 heavy (non-hydrogen) atoms. The number of aromatic nitrogens is 2. The van der Waals surface area contributed by atoms with Crippen molar-refractivity contribution < 1.29 is 0 Å². The third kappa shape index (κ3) is 6.56. The van der Waals surface area contributed by atoms with Crippen LogP contribution >= 0.6 is 11.3 Å². The first-order valence-electron chi connectivity index (χ1n) is 22.0. The van der Waals surface area contributed by atoms with E-state index in [0.29, 0.717) is 5.82 Å². The summed E-state index contributed by atoms with van der Waals surface area (Å²) in [5, 5.41) is 2.58. The van der Waals surface area contributed by atoms with Gasteiger partial charge in [-0.1, -0.05) is 190 Å². The van der Waals surface area contributed by atoms with Crippen LogP contribution in [-0.4, -0.2) is 9.97 Å². The maximum Gasteiger partial charge on any atom is 0.160 e. The summed E-state index contributed by atoms with van der Waals surface area (Å²) in [7, 11) is 0. The van der Waals surface area contributed by atoms with Gasteiger partial charge in [0.1, 0.15) is 0 Å². The highest BCUT2D eigenvalue weighted by molar-refractivity contribution is 7.25. The maximum absolute atomic E-state index is 5.34. The van der Waals surface area contributed by atoms with E-state index in [1.165, 1.54) is 70.2 Å². The Labute approximate surface area is 377 Å². The van der Waals surface area contributed by atoms with Crippen LogP contribution in [0.1, 0.15) is 25.0 Å². The lowest BCUT2D eigenvalue weighted by Crippen LogP contribution is -2.14. The minimum absolute atomic E-state index is 0.0547. The van der Waals surface area contributed by atoms with Crippen LogP contribution in [0.15, 0.2) is 218 Å². The first-order valence-corrected chi connectivity index (χ1v) is 22.8. The molecule has 0 aliphatic heterocycles. The highest BCUT2D eigenvalue weighted by atomic mass is 32.1. The molecule has 302 valence electrons. The molecule has 0 unspecified atom stereocenters. The first-order chi connectivity index (χ1) is 31.4. The summed E-state index contributed by atoms with van der Waals surface area (Å²) in [6.45, 7) is 4.68. The maximum atomic E-state index is 5.34. The number of thiophene rings is 1. The lowest BCUT2D eigenvalue weighted by molar-refractivity contribution is 0.660. The predicted molar refractivity (Wildman–Crippen MR) is 271 cm³/mol. The van der Waals surface area contributed by atoms with Crippen LogP contribution in [-0.2, 0) is 5.41 Å². The van der Waals surface area contributed by atoms with Crippen LogP contribution in [0.3, 0.4) is 0 Å². The number of benzene rings is 9. The van der Waals surface area contributed by atoms with Crippen molar-refractivity contribution in [2.75, 3.05) is 0 Å². The van der Waals surface area contributed by atoms with Crippen molar-refractivity contribution in [1.29, 1.82) is 0 Å². The van der Waals surface area contributed by atoms with Gasteiger partial charge in [-0.25, -0.2) is 9.97 Å². The average molecular weight is 835 g/mol. The number of hydrogen-bond acceptors (Lipinski definition) is 3. The first kappa shape index (κ1) is 38.0. The highest BCUT2D eigenvalue weighted by Crippen LogP contribution is 2.52. The minimum atomic E-state index is -0.0547. The molecule has 12 rings (SSSR count). The minimum Gasteiger partial charge on any atom is -0.228 e. The molecule has 1 aliphatic rings. The van der Waals surface area contributed by atoms with Crippen LogP contribution < -0.4 is 0 Å². The Morgan fingerprint density at radius 3 is 1.61 bits per heavy atom. The molecule has 2 heterocycles. The Balaban J connectivity index is 1.00. The molecule has 0 atom stereocenters. The average Bonchev–Trinajstić information content (AvgIpc) is 3.85. The molecule has 0 radical (unpaired) electrons. The van der Waals surface area contributed by atoms with E-state index < -0.39 is 0 Å². The standard InChI is InChI=1S/C61H42N2S/c1-61(2)53-21-11-9-19-51(53)59-49(20-13-22-54(59)61)42-28-30-43(31-29-42)55-38-56(63-60(62-55)44-16-7-4-8-17-44)48-35-46(41-26-24-40(25-27-41)39-14-5-3-6-15-39)34-47(36-48)45-32-33-58-52(37-45)50-18-10-12-23-57(50)64-58/h3-38H,1-2H3. The lowest BCUT2D eigenvalue weighted by Gasteiger charge is -2.21. The largest absolute Gasteiger partial charge is 0.228 e. The number of fused-ring (bicyclic) bond motifs is 6. The van der Waals surface area contributed by atoms with Gasteiger partial charge in [0.05, 0.1) is 11.4 Å². The number of nitrogens with zero attached hydrogens (tertiary/aromatic N) is 2. The van der Waals surface area contributed by atoms with E-state index in [1.54, 1.807) is 0 Å². The normalized spacial score (nSPS) is 12.7. The quantitative estimate of drug-likeness (QED) is 0.160. The van der Waals surface area contributed by atoms with Crippen molar-refractivity contribution in [2.45, 2.75) is 19.3 Å². The van der Waals surface area contributed by atoms with Crippen LogP contribution in [0.25, 0.3) is 110 Å². The van der Waals surface area contributed by atoms with Crippen molar-refractivity contribution in [2.24, 2.45) is 0 Å². The van der Waals surface area contributed by atoms with Crippen LogP contribution in [0.5, 0.6) is 0 Å². The van der Waals surface area contributed by atoms with Gasteiger partial charge in [0.15, 0.2) is 5.82 Å². The van der Waals surface area contributed by atoms with Gasteiger partial charge in [-0.15, -0.1) is 11.3 Å². The molecule has 1 aliphatic carbocycles. The van der Waals surface area contributed by atoms with Gasteiger partial charge in [0.25, 0.3) is 0 Å². The fraction of sp³-hybridized carbons (Fsp3) is 0.0492. The predicted octanol–water partition coefficient (Wildman–Crippen LogP) is 16.8. The fourth-order valence-corrected chi connectivity index (χ4v) is 10.9. The highest BCUT2D eigenvalue weighted by Gasteiger charge is 2.36. The summed E-state index contributed by atoms with van der Waals surface area (Å²) < 4.78 is 2.60. The van der Waals surface area contributed by atoms with Gasteiger partial charge in [0.2, 0.25) is 0 Å². The molecular formula is C61H42N2S. The molecule has 3 heteroatoms. The Kier molecular flexibility index (Phi) is 9.06. The van der Waals surface area contributed by atoms with E-state index in [1.807, 2.05) is 17.4 Å². The fourth-order valence-electron chi connectivity index (χ4n) is 9.78. The second kappa shape index (κ2) is 15.3. The number of hydrogen-bond donors (Lipinski definition) is 0.